The Kier molecular flexibility index (Phi) is 3.12. The van der Waals surface area contributed by atoms with Gasteiger partial charge in [-0.15, -0.1) is 0 Å². The molecular formula is C13H16N4O2S. The quantitative estimate of drug-likeness (QED) is 0.841. The SMILES string of the molecule is Nc1cncc2cccc(S(=O)(=O)N3CCC(N)C3)c12. The monoisotopic (exact) mass is 292 g/mol. The summed E-state index contributed by atoms with van der Waals surface area (Å²) in [5.41, 5.74) is 12.1. The van der Waals surface area contributed by atoms with E-state index in [1.807, 2.05) is 0 Å². The van der Waals surface area contributed by atoms with Gasteiger partial charge in [-0.25, -0.2) is 8.42 Å². The van der Waals surface area contributed by atoms with Crippen LogP contribution in [0.3, 0.4) is 0 Å². The van der Waals surface area contributed by atoms with Crippen molar-refractivity contribution in [2.24, 2.45) is 5.73 Å². The summed E-state index contributed by atoms with van der Waals surface area (Å²) in [5.74, 6) is 0. The number of nitrogens with two attached hydrogens (primary N) is 2. The highest BCUT2D eigenvalue weighted by atomic mass is 32.2. The van der Waals surface area contributed by atoms with E-state index in [0.29, 0.717) is 30.6 Å². The Balaban J connectivity index is 2.19. The predicted molar refractivity (Wildman–Crippen MR) is 77.5 cm³/mol. The lowest BCUT2D eigenvalue weighted by Crippen LogP contribution is -2.32. The zero-order valence-corrected chi connectivity index (χ0v) is 11.7. The summed E-state index contributed by atoms with van der Waals surface area (Å²) in [5, 5.41) is 1.25. The molecule has 20 heavy (non-hydrogen) atoms. The van der Waals surface area contributed by atoms with E-state index < -0.39 is 10.0 Å². The fourth-order valence-corrected chi connectivity index (χ4v) is 4.31. The topological polar surface area (TPSA) is 102 Å². The van der Waals surface area contributed by atoms with Crippen molar-refractivity contribution in [3.8, 4) is 0 Å². The number of aromatic nitrogens is 1. The number of nitrogens with zero attached hydrogens (tertiary/aromatic N) is 2. The number of rotatable bonds is 2. The summed E-state index contributed by atoms with van der Waals surface area (Å²) >= 11 is 0. The number of pyridine rings is 1. The second-order valence-electron chi connectivity index (χ2n) is 4.99. The van der Waals surface area contributed by atoms with E-state index in [1.54, 1.807) is 24.4 Å². The van der Waals surface area contributed by atoms with Crippen molar-refractivity contribution < 1.29 is 8.42 Å². The standard InChI is InChI=1S/C13H16N4O2S/c14-10-4-5-17(8-10)20(18,19)12-3-1-2-9-6-16-7-11(15)13(9)12/h1-3,6-7,10H,4-5,8,14-15H2. The largest absolute Gasteiger partial charge is 0.397 e. The lowest BCUT2D eigenvalue weighted by molar-refractivity contribution is 0.473. The van der Waals surface area contributed by atoms with Crippen molar-refractivity contribution >= 4 is 26.5 Å². The number of anilines is 1. The van der Waals surface area contributed by atoms with Crippen LogP contribution in [0.5, 0.6) is 0 Å². The molecule has 4 N–H and O–H groups in total. The molecule has 1 aromatic heterocycles. The second-order valence-corrected chi connectivity index (χ2v) is 6.90. The molecule has 0 aliphatic carbocycles. The molecule has 7 heteroatoms. The van der Waals surface area contributed by atoms with Gasteiger partial charge in [0.1, 0.15) is 0 Å². The van der Waals surface area contributed by atoms with Crippen molar-refractivity contribution in [3.63, 3.8) is 0 Å². The molecule has 6 nitrogen and oxygen atoms in total. The Morgan fingerprint density at radius 2 is 2.10 bits per heavy atom. The van der Waals surface area contributed by atoms with Gasteiger partial charge in [0.15, 0.2) is 0 Å². The summed E-state index contributed by atoms with van der Waals surface area (Å²) in [6.45, 7) is 0.800. The van der Waals surface area contributed by atoms with E-state index >= 15 is 0 Å². The lowest BCUT2D eigenvalue weighted by atomic mass is 10.1. The van der Waals surface area contributed by atoms with Gasteiger partial charge >= 0.3 is 0 Å². The number of benzene rings is 1. The molecule has 106 valence electrons. The van der Waals surface area contributed by atoms with Gasteiger partial charge in [-0.1, -0.05) is 12.1 Å². The number of nitrogen functional groups attached to an aromatic ring is 1. The van der Waals surface area contributed by atoms with Crippen LogP contribution in [0.15, 0.2) is 35.5 Å². The normalized spacial score (nSPS) is 20.6. The van der Waals surface area contributed by atoms with Crippen molar-refractivity contribution in [1.29, 1.82) is 0 Å². The van der Waals surface area contributed by atoms with Gasteiger partial charge in [0.05, 0.1) is 16.8 Å². The first kappa shape index (κ1) is 13.3. The third-order valence-corrected chi connectivity index (χ3v) is 5.49. The lowest BCUT2D eigenvalue weighted by Gasteiger charge is -2.17. The molecule has 0 saturated carbocycles. The molecule has 1 aliphatic rings. The van der Waals surface area contributed by atoms with Gasteiger partial charge in [-0.05, 0) is 12.5 Å². The van der Waals surface area contributed by atoms with E-state index in [2.05, 4.69) is 4.98 Å². The molecule has 1 unspecified atom stereocenters. The van der Waals surface area contributed by atoms with Crippen LogP contribution in [0.25, 0.3) is 10.8 Å². The minimum absolute atomic E-state index is 0.0984. The number of hydrogen-bond donors (Lipinski definition) is 2. The predicted octanol–water partition coefficient (Wildman–Crippen LogP) is 0.539. The van der Waals surface area contributed by atoms with Crippen LogP contribution in [-0.4, -0.2) is 36.8 Å². The van der Waals surface area contributed by atoms with Crippen LogP contribution >= 0.6 is 0 Å². The van der Waals surface area contributed by atoms with Crippen LogP contribution in [0.1, 0.15) is 6.42 Å². The first-order chi connectivity index (χ1) is 9.50. The maximum Gasteiger partial charge on any atom is 0.243 e. The summed E-state index contributed by atoms with van der Waals surface area (Å²) in [4.78, 5) is 4.22. The molecule has 0 radical (unpaired) electrons. The zero-order chi connectivity index (χ0) is 14.3. The smallest absolute Gasteiger partial charge is 0.243 e. The van der Waals surface area contributed by atoms with Crippen molar-refractivity contribution in [3.05, 3.63) is 30.6 Å². The molecule has 1 saturated heterocycles. The zero-order valence-electron chi connectivity index (χ0n) is 10.9. The maximum atomic E-state index is 12.7. The molecule has 1 aliphatic heterocycles. The van der Waals surface area contributed by atoms with Gasteiger partial charge in [0.25, 0.3) is 0 Å². The highest BCUT2D eigenvalue weighted by molar-refractivity contribution is 7.89. The molecule has 0 bridgehead atoms. The van der Waals surface area contributed by atoms with Crippen molar-refractivity contribution in [2.45, 2.75) is 17.4 Å². The van der Waals surface area contributed by atoms with Crippen LogP contribution in [0.4, 0.5) is 5.69 Å². The van der Waals surface area contributed by atoms with Crippen LogP contribution in [-0.2, 0) is 10.0 Å². The third kappa shape index (κ3) is 2.04. The summed E-state index contributed by atoms with van der Waals surface area (Å²) in [6, 6.07) is 4.98. The number of fused-ring (bicyclic) bond motifs is 1. The second kappa shape index (κ2) is 4.69. The van der Waals surface area contributed by atoms with Crippen molar-refractivity contribution in [2.75, 3.05) is 18.8 Å². The van der Waals surface area contributed by atoms with E-state index in [1.165, 1.54) is 10.5 Å². The molecule has 3 rings (SSSR count). The number of hydrogen-bond acceptors (Lipinski definition) is 5. The molecule has 0 amide bonds. The Morgan fingerprint density at radius 3 is 2.80 bits per heavy atom. The molecule has 0 spiro atoms. The van der Waals surface area contributed by atoms with Crippen LogP contribution in [0.2, 0.25) is 0 Å². The fourth-order valence-electron chi connectivity index (χ4n) is 2.55. The number of sulfonamides is 1. The van der Waals surface area contributed by atoms with Crippen molar-refractivity contribution in [1.82, 2.24) is 9.29 Å². The van der Waals surface area contributed by atoms with Crippen LogP contribution in [0, 0.1) is 0 Å². The Labute approximate surface area is 117 Å². The maximum absolute atomic E-state index is 12.7. The third-order valence-electron chi connectivity index (χ3n) is 3.58. The van der Waals surface area contributed by atoms with Gasteiger partial charge < -0.3 is 11.5 Å². The average Bonchev–Trinajstić information content (AvgIpc) is 2.86. The van der Waals surface area contributed by atoms with Gasteiger partial charge in [-0.3, -0.25) is 4.98 Å². The molecule has 1 atom stereocenters. The highest BCUT2D eigenvalue weighted by Gasteiger charge is 2.32. The Morgan fingerprint density at radius 1 is 1.30 bits per heavy atom. The van der Waals surface area contributed by atoms with E-state index in [0.717, 1.165) is 5.39 Å². The minimum Gasteiger partial charge on any atom is -0.397 e. The molecule has 2 aromatic rings. The Hall–Kier alpha value is -1.70. The first-order valence-electron chi connectivity index (χ1n) is 6.38. The average molecular weight is 292 g/mol. The Bertz CT molecular complexity index is 755. The fraction of sp³-hybridized carbons (Fsp3) is 0.308. The van der Waals surface area contributed by atoms with E-state index in [9.17, 15) is 8.42 Å². The minimum atomic E-state index is -3.58. The van der Waals surface area contributed by atoms with Crippen LogP contribution < -0.4 is 11.5 Å². The highest BCUT2D eigenvalue weighted by Crippen LogP contribution is 2.30. The molecule has 2 heterocycles. The first-order valence-corrected chi connectivity index (χ1v) is 7.82. The van der Waals surface area contributed by atoms with E-state index in [4.69, 9.17) is 11.5 Å². The van der Waals surface area contributed by atoms with Gasteiger partial charge in [0, 0.05) is 36.1 Å². The summed E-state index contributed by atoms with van der Waals surface area (Å²) in [7, 11) is -3.58. The molecular weight excluding hydrogens is 276 g/mol. The summed E-state index contributed by atoms with van der Waals surface area (Å²) in [6.07, 6.45) is 3.76. The van der Waals surface area contributed by atoms with E-state index in [-0.39, 0.29) is 10.9 Å². The van der Waals surface area contributed by atoms with Gasteiger partial charge in [0.2, 0.25) is 10.0 Å². The summed E-state index contributed by atoms with van der Waals surface area (Å²) < 4.78 is 26.9. The van der Waals surface area contributed by atoms with Gasteiger partial charge in [-0.2, -0.15) is 4.31 Å². The molecule has 1 aromatic carbocycles. The molecule has 1 fully saturated rings.